The Bertz CT molecular complexity index is 1800. The maximum Gasteiger partial charge on any atom is 0.329 e. The fraction of sp³-hybridized carbons (Fsp3) is 0.0909. The van der Waals surface area contributed by atoms with E-state index in [1.807, 2.05) is 0 Å². The van der Waals surface area contributed by atoms with E-state index in [4.69, 9.17) is 0 Å². The van der Waals surface area contributed by atoms with Crippen LogP contribution in [-0.2, 0) is 5.41 Å². The summed E-state index contributed by atoms with van der Waals surface area (Å²) < 4.78 is 0. The fourth-order valence-electron chi connectivity index (χ4n) is 7.66. The van der Waals surface area contributed by atoms with Crippen LogP contribution >= 0.6 is 0 Å². The molecule has 0 saturated heterocycles. The molecule has 5 aromatic carbocycles. The summed E-state index contributed by atoms with van der Waals surface area (Å²) >= 11 is 0. The molecular formula is C33H23BN2. The number of hydrogen-bond acceptors (Lipinski definition) is 2. The molecule has 1 unspecified atom stereocenters. The molecule has 0 radical (unpaired) electrons. The molecular weight excluding hydrogens is 435 g/mol. The molecule has 9 rings (SSSR count). The second-order valence-corrected chi connectivity index (χ2v) is 10.7. The van der Waals surface area contributed by atoms with E-state index in [9.17, 15) is 0 Å². The Morgan fingerprint density at radius 2 is 1.31 bits per heavy atom. The molecule has 168 valence electrons. The molecule has 3 heteroatoms. The number of anilines is 4. The van der Waals surface area contributed by atoms with Crippen LogP contribution in [0.15, 0.2) is 103 Å². The third kappa shape index (κ3) is 1.94. The van der Waals surface area contributed by atoms with E-state index in [1.54, 1.807) is 0 Å². The Labute approximate surface area is 211 Å². The van der Waals surface area contributed by atoms with E-state index >= 15 is 0 Å². The minimum atomic E-state index is -0.225. The number of rotatable bonds is 0. The lowest BCUT2D eigenvalue weighted by molar-refractivity contribution is 0.714. The van der Waals surface area contributed by atoms with Crippen LogP contribution in [0.1, 0.15) is 23.6 Å². The van der Waals surface area contributed by atoms with E-state index in [0.717, 1.165) is 0 Å². The highest BCUT2D eigenvalue weighted by Gasteiger charge is 2.51. The molecule has 2 bridgehead atoms. The molecule has 4 aliphatic rings. The van der Waals surface area contributed by atoms with Gasteiger partial charge in [-0.05, 0) is 75.0 Å². The lowest BCUT2D eigenvalue weighted by Crippen LogP contribution is -2.55. The molecule has 0 N–H and O–H groups in total. The van der Waals surface area contributed by atoms with E-state index in [2.05, 4.69) is 127 Å². The SMILES string of the molecule is CN1c2ccccc2N2B3c4ccccc4-c4ccc(cc43)C3(C)c4ccccc4-c4ccc1c2c43. The van der Waals surface area contributed by atoms with Crippen molar-refractivity contribution in [3.05, 3.63) is 120 Å². The van der Waals surface area contributed by atoms with Gasteiger partial charge in [-0.25, -0.2) is 0 Å². The summed E-state index contributed by atoms with van der Waals surface area (Å²) in [5.74, 6) is 0. The van der Waals surface area contributed by atoms with Crippen molar-refractivity contribution in [3.63, 3.8) is 0 Å². The quantitative estimate of drug-likeness (QED) is 0.250. The molecule has 0 amide bonds. The lowest BCUT2D eigenvalue weighted by atomic mass is 9.49. The van der Waals surface area contributed by atoms with Gasteiger partial charge < -0.3 is 9.71 Å². The maximum atomic E-state index is 2.67. The molecule has 0 saturated carbocycles. The predicted octanol–water partition coefficient (Wildman–Crippen LogP) is 6.34. The number of benzene rings is 5. The largest absolute Gasteiger partial charge is 0.373 e. The number of nitrogens with zero attached hydrogens (tertiary/aromatic N) is 2. The van der Waals surface area contributed by atoms with Crippen LogP contribution in [0.3, 0.4) is 0 Å². The lowest BCUT2D eigenvalue weighted by Gasteiger charge is -2.46. The molecule has 3 heterocycles. The van der Waals surface area contributed by atoms with Gasteiger partial charge >= 0.3 is 6.85 Å². The van der Waals surface area contributed by atoms with E-state index < -0.39 is 0 Å². The monoisotopic (exact) mass is 458 g/mol. The average molecular weight is 458 g/mol. The van der Waals surface area contributed by atoms with Gasteiger partial charge in [-0.2, -0.15) is 0 Å². The third-order valence-corrected chi connectivity index (χ3v) is 9.24. The molecule has 0 aromatic heterocycles. The standard InChI is InChI=1S/C33H23BN2/c1-33-20-15-16-23-22-10-4-6-12-26(22)34(27(23)19-20)36-29-14-8-7-13-28(29)35(2)30-18-17-24(31(33)32(30)36)21-9-3-5-11-25(21)33/h3-19H,1-2H3. The van der Waals surface area contributed by atoms with Crippen LogP contribution < -0.4 is 20.6 Å². The Balaban J connectivity index is 1.52. The van der Waals surface area contributed by atoms with Gasteiger partial charge in [0.25, 0.3) is 0 Å². The van der Waals surface area contributed by atoms with Crippen LogP contribution in [0, 0.1) is 0 Å². The number of hydrogen-bond donors (Lipinski definition) is 0. The molecule has 1 atom stereocenters. The highest BCUT2D eigenvalue weighted by atomic mass is 15.2. The average Bonchev–Trinajstić information content (AvgIpc) is 3.38. The smallest absolute Gasteiger partial charge is 0.329 e. The third-order valence-electron chi connectivity index (χ3n) is 9.24. The summed E-state index contributed by atoms with van der Waals surface area (Å²) in [5, 5.41) is 0. The van der Waals surface area contributed by atoms with Crippen LogP contribution in [-0.4, -0.2) is 13.9 Å². The van der Waals surface area contributed by atoms with Crippen LogP contribution in [0.25, 0.3) is 22.3 Å². The van der Waals surface area contributed by atoms with Crippen molar-refractivity contribution >= 4 is 40.5 Å². The highest BCUT2D eigenvalue weighted by molar-refractivity contribution is 6.93. The summed E-state index contributed by atoms with van der Waals surface area (Å²) in [6, 6.07) is 38.9. The Hall–Kier alpha value is -4.24. The number of para-hydroxylation sites is 2. The molecule has 1 aliphatic carbocycles. The maximum absolute atomic E-state index is 2.67. The van der Waals surface area contributed by atoms with Crippen LogP contribution in [0.5, 0.6) is 0 Å². The topological polar surface area (TPSA) is 6.48 Å². The summed E-state index contributed by atoms with van der Waals surface area (Å²) in [6.45, 7) is 2.59. The summed E-state index contributed by atoms with van der Waals surface area (Å²) in [7, 11) is 2.22. The second kappa shape index (κ2) is 6.11. The number of fused-ring (bicyclic) bond motifs is 11. The zero-order chi connectivity index (χ0) is 23.8. The van der Waals surface area contributed by atoms with Gasteiger partial charge in [-0.15, -0.1) is 0 Å². The molecule has 5 aromatic rings. The van der Waals surface area contributed by atoms with Crippen molar-refractivity contribution in [1.82, 2.24) is 0 Å². The minimum Gasteiger partial charge on any atom is -0.373 e. The Kier molecular flexibility index (Phi) is 3.23. The van der Waals surface area contributed by atoms with E-state index in [1.165, 1.54) is 72.6 Å². The molecule has 36 heavy (non-hydrogen) atoms. The van der Waals surface area contributed by atoms with Gasteiger partial charge in [0.2, 0.25) is 0 Å². The summed E-state index contributed by atoms with van der Waals surface area (Å²) in [4.78, 5) is 5.06. The first kappa shape index (κ1) is 19.0. The van der Waals surface area contributed by atoms with Crippen LogP contribution in [0.2, 0.25) is 0 Å². The van der Waals surface area contributed by atoms with Crippen molar-refractivity contribution < 1.29 is 0 Å². The molecule has 3 aliphatic heterocycles. The predicted molar refractivity (Wildman–Crippen MR) is 151 cm³/mol. The normalized spacial score (nSPS) is 18.8. The zero-order valence-electron chi connectivity index (χ0n) is 20.3. The summed E-state index contributed by atoms with van der Waals surface area (Å²) in [5.41, 5.74) is 17.4. The zero-order valence-corrected chi connectivity index (χ0v) is 20.3. The van der Waals surface area contributed by atoms with Gasteiger partial charge in [-0.3, -0.25) is 0 Å². The minimum absolute atomic E-state index is 0.143. The van der Waals surface area contributed by atoms with E-state index in [-0.39, 0.29) is 12.3 Å². The molecule has 0 spiro atoms. The van der Waals surface area contributed by atoms with Crippen LogP contribution in [0.4, 0.5) is 22.7 Å². The van der Waals surface area contributed by atoms with Crippen molar-refractivity contribution in [2.45, 2.75) is 12.3 Å². The van der Waals surface area contributed by atoms with Crippen molar-refractivity contribution in [1.29, 1.82) is 0 Å². The molecule has 2 nitrogen and oxygen atoms in total. The Morgan fingerprint density at radius 3 is 2.19 bits per heavy atom. The van der Waals surface area contributed by atoms with Crippen molar-refractivity contribution in [2.24, 2.45) is 0 Å². The first-order chi connectivity index (χ1) is 17.7. The van der Waals surface area contributed by atoms with Crippen molar-refractivity contribution in [3.8, 4) is 22.3 Å². The van der Waals surface area contributed by atoms with Gasteiger partial charge in [0.05, 0.1) is 22.7 Å². The van der Waals surface area contributed by atoms with Gasteiger partial charge in [0.1, 0.15) is 0 Å². The second-order valence-electron chi connectivity index (χ2n) is 10.7. The molecule has 0 fully saturated rings. The van der Waals surface area contributed by atoms with E-state index in [0.29, 0.717) is 0 Å². The first-order valence-corrected chi connectivity index (χ1v) is 12.8. The fourth-order valence-corrected chi connectivity index (χ4v) is 7.66. The van der Waals surface area contributed by atoms with Gasteiger partial charge in [0, 0.05) is 12.5 Å². The summed E-state index contributed by atoms with van der Waals surface area (Å²) in [6.07, 6.45) is 0. The van der Waals surface area contributed by atoms with Crippen molar-refractivity contribution in [2.75, 3.05) is 16.8 Å². The van der Waals surface area contributed by atoms with Gasteiger partial charge in [0.15, 0.2) is 0 Å². The highest BCUT2D eigenvalue weighted by Crippen LogP contribution is 2.61. The van der Waals surface area contributed by atoms with Gasteiger partial charge in [-0.1, -0.05) is 84.9 Å². The first-order valence-electron chi connectivity index (χ1n) is 12.8. The Morgan fingerprint density at radius 1 is 0.611 bits per heavy atom.